The molecule has 4 rings (SSSR count). The van der Waals surface area contributed by atoms with Crippen LogP contribution in [0.2, 0.25) is 0 Å². The molecule has 2 fully saturated rings. The van der Waals surface area contributed by atoms with Gasteiger partial charge in [-0.2, -0.15) is 0 Å². The highest BCUT2D eigenvalue weighted by atomic mass is 16.2. The third-order valence-electron chi connectivity index (χ3n) is 4.91. The van der Waals surface area contributed by atoms with E-state index in [1.165, 1.54) is 0 Å². The highest BCUT2D eigenvalue weighted by molar-refractivity contribution is 6.23. The SMILES string of the molecule is CC.CC.O=C1CCC(N2C(=O)c3ccc(N4CCNCC4)cc3C2=O)C(=O)N1. The summed E-state index contributed by atoms with van der Waals surface area (Å²) < 4.78 is 0. The lowest BCUT2D eigenvalue weighted by Gasteiger charge is -2.29. The van der Waals surface area contributed by atoms with Crippen LogP contribution in [-0.2, 0) is 9.59 Å². The van der Waals surface area contributed by atoms with Crippen molar-refractivity contribution < 1.29 is 19.2 Å². The number of amides is 4. The summed E-state index contributed by atoms with van der Waals surface area (Å²) >= 11 is 0. The van der Waals surface area contributed by atoms with Crippen LogP contribution >= 0.6 is 0 Å². The van der Waals surface area contributed by atoms with E-state index in [0.717, 1.165) is 36.8 Å². The van der Waals surface area contributed by atoms with Crippen LogP contribution in [-0.4, -0.2) is 60.7 Å². The molecule has 1 atom stereocenters. The van der Waals surface area contributed by atoms with Gasteiger partial charge in [0.15, 0.2) is 0 Å². The third-order valence-corrected chi connectivity index (χ3v) is 4.91. The smallest absolute Gasteiger partial charge is 0.262 e. The number of carbonyl (C=O) groups is 4. The number of benzene rings is 1. The molecule has 1 unspecified atom stereocenters. The molecule has 8 nitrogen and oxygen atoms in total. The van der Waals surface area contributed by atoms with Crippen molar-refractivity contribution in [1.82, 2.24) is 15.5 Å². The second-order valence-corrected chi connectivity index (χ2v) is 6.41. The van der Waals surface area contributed by atoms with E-state index in [0.29, 0.717) is 11.1 Å². The standard InChI is InChI=1S/C17H18N4O4.2C2H6/c22-14-4-3-13(15(23)19-14)21-16(24)11-2-1-10(9-12(11)17(21)25)20-7-5-18-6-8-20;2*1-2/h1-2,9,13,18H,3-8H2,(H,19,22,23);2*1-2H3. The average Bonchev–Trinajstić information content (AvgIpc) is 3.02. The van der Waals surface area contributed by atoms with E-state index in [1.54, 1.807) is 12.1 Å². The molecular weight excluding hydrogens is 372 g/mol. The van der Waals surface area contributed by atoms with Crippen LogP contribution in [0.15, 0.2) is 18.2 Å². The predicted octanol–water partition coefficient (Wildman–Crippen LogP) is 1.55. The highest BCUT2D eigenvalue weighted by Crippen LogP contribution is 2.30. The van der Waals surface area contributed by atoms with Crippen molar-refractivity contribution >= 4 is 29.3 Å². The minimum absolute atomic E-state index is 0.121. The zero-order valence-corrected chi connectivity index (χ0v) is 17.6. The Bertz CT molecular complexity index is 787. The molecule has 4 amide bonds. The summed E-state index contributed by atoms with van der Waals surface area (Å²) in [4.78, 5) is 51.9. The minimum Gasteiger partial charge on any atom is -0.369 e. The van der Waals surface area contributed by atoms with Crippen molar-refractivity contribution in [1.29, 1.82) is 0 Å². The number of hydrogen-bond acceptors (Lipinski definition) is 6. The molecular formula is C21H30N4O4. The Morgan fingerprint density at radius 2 is 1.52 bits per heavy atom. The monoisotopic (exact) mass is 402 g/mol. The van der Waals surface area contributed by atoms with Crippen LogP contribution in [0, 0.1) is 0 Å². The lowest BCUT2D eigenvalue weighted by atomic mass is 10.0. The predicted molar refractivity (Wildman–Crippen MR) is 111 cm³/mol. The first-order valence-corrected chi connectivity index (χ1v) is 10.4. The number of fused-ring (bicyclic) bond motifs is 1. The van der Waals surface area contributed by atoms with Gasteiger partial charge in [0.2, 0.25) is 11.8 Å². The van der Waals surface area contributed by atoms with Crippen molar-refractivity contribution in [3.05, 3.63) is 29.3 Å². The van der Waals surface area contributed by atoms with Gasteiger partial charge in [-0.15, -0.1) is 0 Å². The fraction of sp³-hybridized carbons (Fsp3) is 0.524. The zero-order chi connectivity index (χ0) is 21.6. The molecule has 158 valence electrons. The molecule has 0 bridgehead atoms. The summed E-state index contributed by atoms with van der Waals surface area (Å²) in [6.07, 6.45) is 0.288. The molecule has 29 heavy (non-hydrogen) atoms. The Kier molecular flexibility index (Phi) is 7.90. The molecule has 2 N–H and O–H groups in total. The summed E-state index contributed by atoms with van der Waals surface area (Å²) in [5.41, 5.74) is 1.53. The van der Waals surface area contributed by atoms with Crippen LogP contribution in [0.4, 0.5) is 5.69 Å². The van der Waals surface area contributed by atoms with Crippen molar-refractivity contribution in [2.75, 3.05) is 31.1 Å². The largest absolute Gasteiger partial charge is 0.369 e. The normalized spacial score (nSPS) is 20.9. The van der Waals surface area contributed by atoms with E-state index in [2.05, 4.69) is 15.5 Å². The molecule has 2 saturated heterocycles. The quantitative estimate of drug-likeness (QED) is 0.729. The molecule has 1 aromatic rings. The fourth-order valence-corrected chi connectivity index (χ4v) is 3.58. The van der Waals surface area contributed by atoms with Crippen molar-refractivity contribution in [3.63, 3.8) is 0 Å². The maximum Gasteiger partial charge on any atom is 0.262 e. The van der Waals surface area contributed by atoms with E-state index in [4.69, 9.17) is 0 Å². The first kappa shape index (κ1) is 22.5. The summed E-state index contributed by atoms with van der Waals surface area (Å²) in [6, 6.07) is 4.29. The molecule has 0 aromatic heterocycles. The van der Waals surface area contributed by atoms with Crippen LogP contribution in [0.5, 0.6) is 0 Å². The van der Waals surface area contributed by atoms with E-state index in [1.807, 2.05) is 33.8 Å². The van der Waals surface area contributed by atoms with Gasteiger partial charge >= 0.3 is 0 Å². The Morgan fingerprint density at radius 1 is 0.897 bits per heavy atom. The van der Waals surface area contributed by atoms with Crippen molar-refractivity contribution in [2.24, 2.45) is 0 Å². The summed E-state index contributed by atoms with van der Waals surface area (Å²) in [6.45, 7) is 11.4. The summed E-state index contributed by atoms with van der Waals surface area (Å²) in [7, 11) is 0. The molecule has 3 heterocycles. The van der Waals surface area contributed by atoms with E-state index in [-0.39, 0.29) is 18.7 Å². The molecule has 0 radical (unpaired) electrons. The second-order valence-electron chi connectivity index (χ2n) is 6.41. The molecule has 3 aliphatic heterocycles. The minimum atomic E-state index is -0.923. The first-order valence-electron chi connectivity index (χ1n) is 10.4. The number of piperidine rings is 1. The summed E-state index contributed by atoms with van der Waals surface area (Å²) in [5, 5.41) is 5.47. The Balaban J connectivity index is 0.000000707. The molecule has 1 aromatic carbocycles. The van der Waals surface area contributed by atoms with Crippen molar-refractivity contribution in [2.45, 2.75) is 46.6 Å². The van der Waals surface area contributed by atoms with Crippen molar-refractivity contribution in [3.8, 4) is 0 Å². The lowest BCUT2D eigenvalue weighted by Crippen LogP contribution is -2.54. The van der Waals surface area contributed by atoms with Crippen LogP contribution in [0.1, 0.15) is 61.3 Å². The van der Waals surface area contributed by atoms with Gasteiger partial charge in [-0.25, -0.2) is 0 Å². The molecule has 0 spiro atoms. The lowest BCUT2D eigenvalue weighted by molar-refractivity contribution is -0.136. The van der Waals surface area contributed by atoms with E-state index in [9.17, 15) is 19.2 Å². The van der Waals surface area contributed by atoms with Crippen LogP contribution < -0.4 is 15.5 Å². The first-order chi connectivity index (χ1) is 14.1. The van der Waals surface area contributed by atoms with Gasteiger partial charge in [-0.1, -0.05) is 27.7 Å². The van der Waals surface area contributed by atoms with E-state index >= 15 is 0 Å². The number of carbonyl (C=O) groups excluding carboxylic acids is 4. The third kappa shape index (κ3) is 4.48. The van der Waals surface area contributed by atoms with Gasteiger partial charge in [0.1, 0.15) is 6.04 Å². The average molecular weight is 402 g/mol. The number of hydrogen-bond donors (Lipinski definition) is 2. The number of nitrogens with one attached hydrogen (secondary N) is 2. The van der Waals surface area contributed by atoms with Gasteiger partial charge in [0, 0.05) is 38.3 Å². The molecule has 3 aliphatic rings. The number of imide groups is 2. The van der Waals surface area contributed by atoms with Crippen LogP contribution in [0.25, 0.3) is 0 Å². The van der Waals surface area contributed by atoms with Gasteiger partial charge < -0.3 is 10.2 Å². The fourth-order valence-electron chi connectivity index (χ4n) is 3.58. The zero-order valence-electron chi connectivity index (χ0n) is 17.6. The number of anilines is 1. The Labute approximate surface area is 171 Å². The summed E-state index contributed by atoms with van der Waals surface area (Å²) in [5.74, 6) is -1.90. The number of piperazine rings is 1. The number of rotatable bonds is 2. The maximum atomic E-state index is 12.8. The van der Waals surface area contributed by atoms with E-state index < -0.39 is 23.8 Å². The second kappa shape index (κ2) is 10.2. The van der Waals surface area contributed by atoms with Gasteiger partial charge in [0.25, 0.3) is 11.8 Å². The maximum absolute atomic E-state index is 12.8. The van der Waals surface area contributed by atoms with Gasteiger partial charge in [0.05, 0.1) is 11.1 Å². The van der Waals surface area contributed by atoms with Gasteiger partial charge in [-0.05, 0) is 24.6 Å². The molecule has 8 heteroatoms. The molecule has 0 aliphatic carbocycles. The topological polar surface area (TPSA) is 98.8 Å². The Hall–Kier alpha value is -2.74. The number of nitrogens with zero attached hydrogens (tertiary/aromatic N) is 2. The Morgan fingerprint density at radius 3 is 2.14 bits per heavy atom. The molecule has 0 saturated carbocycles. The van der Waals surface area contributed by atoms with Gasteiger partial charge in [-0.3, -0.25) is 29.4 Å². The highest BCUT2D eigenvalue weighted by Gasteiger charge is 2.44. The van der Waals surface area contributed by atoms with Crippen LogP contribution in [0.3, 0.4) is 0 Å².